The lowest BCUT2D eigenvalue weighted by Gasteiger charge is -2.13. The number of amides is 1. The van der Waals surface area contributed by atoms with Crippen LogP contribution in [0, 0.1) is 0 Å². The number of anilines is 1. The van der Waals surface area contributed by atoms with Gasteiger partial charge in [-0.2, -0.15) is 13.2 Å². The van der Waals surface area contributed by atoms with Gasteiger partial charge < -0.3 is 5.32 Å². The van der Waals surface area contributed by atoms with Crippen molar-refractivity contribution in [2.75, 3.05) is 5.32 Å². The lowest BCUT2D eigenvalue weighted by Crippen LogP contribution is -2.18. The van der Waals surface area contributed by atoms with Crippen LogP contribution in [0.4, 0.5) is 18.9 Å². The van der Waals surface area contributed by atoms with Gasteiger partial charge in [0.15, 0.2) is 0 Å². The van der Waals surface area contributed by atoms with E-state index in [2.05, 4.69) is 5.32 Å². The molecule has 2 nitrogen and oxygen atoms in total. The van der Waals surface area contributed by atoms with E-state index in [4.69, 9.17) is 0 Å². The summed E-state index contributed by atoms with van der Waals surface area (Å²) in [6.07, 6.45) is -4.58. The lowest BCUT2D eigenvalue weighted by atomic mass is 10.0. The molecule has 3 aromatic carbocycles. The third-order valence-corrected chi connectivity index (χ3v) is 3.73. The first-order valence-electron chi connectivity index (χ1n) is 7.58. The van der Waals surface area contributed by atoms with E-state index in [0.717, 1.165) is 23.3 Å². The average molecular weight is 341 g/mol. The van der Waals surface area contributed by atoms with Crippen LogP contribution in [0.15, 0.2) is 78.9 Å². The number of hydrogen-bond donors (Lipinski definition) is 1. The number of carbonyl (C=O) groups is 1. The molecule has 3 aromatic rings. The van der Waals surface area contributed by atoms with Crippen molar-refractivity contribution >= 4 is 11.6 Å². The standard InChI is InChI=1S/C20H14F3NO/c21-20(22,23)18-9-5-4-8-17(18)19(25)24-16-12-10-15(11-13-16)14-6-2-1-3-7-14/h1-13H,(H,24,25). The van der Waals surface area contributed by atoms with Gasteiger partial charge in [0, 0.05) is 5.69 Å². The number of halogens is 3. The molecule has 0 saturated heterocycles. The molecule has 1 amide bonds. The fraction of sp³-hybridized carbons (Fsp3) is 0.0500. The smallest absolute Gasteiger partial charge is 0.322 e. The zero-order valence-electron chi connectivity index (χ0n) is 13.0. The highest BCUT2D eigenvalue weighted by molar-refractivity contribution is 6.05. The third-order valence-electron chi connectivity index (χ3n) is 3.73. The number of alkyl halides is 3. The van der Waals surface area contributed by atoms with Crippen molar-refractivity contribution in [1.82, 2.24) is 0 Å². The fourth-order valence-electron chi connectivity index (χ4n) is 2.50. The highest BCUT2D eigenvalue weighted by Crippen LogP contribution is 2.32. The first kappa shape index (κ1) is 16.8. The number of nitrogens with one attached hydrogen (secondary N) is 1. The molecule has 0 aromatic heterocycles. The maximum Gasteiger partial charge on any atom is 0.417 e. The van der Waals surface area contributed by atoms with Crippen molar-refractivity contribution in [3.05, 3.63) is 90.0 Å². The number of hydrogen-bond acceptors (Lipinski definition) is 1. The summed E-state index contributed by atoms with van der Waals surface area (Å²) in [5.74, 6) is -0.791. The molecule has 5 heteroatoms. The van der Waals surface area contributed by atoms with E-state index in [-0.39, 0.29) is 0 Å². The van der Waals surface area contributed by atoms with Crippen LogP contribution in [0.5, 0.6) is 0 Å². The molecule has 1 N–H and O–H groups in total. The normalized spacial score (nSPS) is 11.2. The zero-order valence-corrected chi connectivity index (χ0v) is 13.0. The molecule has 0 aliphatic carbocycles. The Labute approximate surface area is 142 Å². The van der Waals surface area contributed by atoms with E-state index in [1.54, 1.807) is 24.3 Å². The Morgan fingerprint density at radius 3 is 1.92 bits per heavy atom. The van der Waals surface area contributed by atoms with E-state index in [9.17, 15) is 18.0 Å². The molecule has 0 unspecified atom stereocenters. The molecule has 0 aliphatic heterocycles. The van der Waals surface area contributed by atoms with E-state index in [0.29, 0.717) is 5.69 Å². The summed E-state index contributed by atoms with van der Waals surface area (Å²) in [7, 11) is 0. The minimum absolute atomic E-state index is 0.401. The first-order valence-corrected chi connectivity index (χ1v) is 7.58. The van der Waals surface area contributed by atoms with Gasteiger partial charge in [-0.15, -0.1) is 0 Å². The molecular weight excluding hydrogens is 327 g/mol. The molecule has 0 spiro atoms. The van der Waals surface area contributed by atoms with E-state index in [1.807, 2.05) is 30.3 Å². The lowest BCUT2D eigenvalue weighted by molar-refractivity contribution is -0.137. The zero-order chi connectivity index (χ0) is 17.9. The van der Waals surface area contributed by atoms with Crippen molar-refractivity contribution < 1.29 is 18.0 Å². The SMILES string of the molecule is O=C(Nc1ccc(-c2ccccc2)cc1)c1ccccc1C(F)(F)F. The highest BCUT2D eigenvalue weighted by atomic mass is 19.4. The van der Waals surface area contributed by atoms with E-state index in [1.165, 1.54) is 12.1 Å². The molecule has 0 bridgehead atoms. The number of carbonyl (C=O) groups excluding carboxylic acids is 1. The van der Waals surface area contributed by atoms with Crippen molar-refractivity contribution in [1.29, 1.82) is 0 Å². The molecule has 0 radical (unpaired) electrons. The van der Waals surface area contributed by atoms with E-state index >= 15 is 0 Å². The predicted molar refractivity (Wildman–Crippen MR) is 91.3 cm³/mol. The minimum Gasteiger partial charge on any atom is -0.322 e. The Morgan fingerprint density at radius 2 is 1.28 bits per heavy atom. The summed E-state index contributed by atoms with van der Waals surface area (Å²) in [6, 6.07) is 21.3. The summed E-state index contributed by atoms with van der Waals surface area (Å²) in [5, 5.41) is 2.51. The van der Waals surface area contributed by atoms with Gasteiger partial charge in [-0.1, -0.05) is 54.6 Å². The maximum atomic E-state index is 13.0. The Bertz CT molecular complexity index is 871. The molecule has 126 valence electrons. The molecule has 0 fully saturated rings. The Morgan fingerprint density at radius 1 is 0.720 bits per heavy atom. The van der Waals surface area contributed by atoms with Crippen LogP contribution in [-0.2, 0) is 6.18 Å². The van der Waals surface area contributed by atoms with Crippen LogP contribution < -0.4 is 5.32 Å². The largest absolute Gasteiger partial charge is 0.417 e. The second kappa shape index (κ2) is 6.81. The molecule has 3 rings (SSSR count). The summed E-state index contributed by atoms with van der Waals surface area (Å²) >= 11 is 0. The molecular formula is C20H14F3NO. The summed E-state index contributed by atoms with van der Waals surface area (Å²) < 4.78 is 39.0. The van der Waals surface area contributed by atoms with Gasteiger partial charge in [-0.3, -0.25) is 4.79 Å². The van der Waals surface area contributed by atoms with Crippen molar-refractivity contribution in [3.63, 3.8) is 0 Å². The average Bonchev–Trinajstić information content (AvgIpc) is 2.62. The van der Waals surface area contributed by atoms with Crippen molar-refractivity contribution in [3.8, 4) is 11.1 Å². The van der Waals surface area contributed by atoms with Gasteiger partial charge in [-0.25, -0.2) is 0 Å². The predicted octanol–water partition coefficient (Wildman–Crippen LogP) is 5.62. The van der Waals surface area contributed by atoms with Gasteiger partial charge in [-0.05, 0) is 35.4 Å². The number of rotatable bonds is 3. The van der Waals surface area contributed by atoms with E-state index < -0.39 is 23.2 Å². The van der Waals surface area contributed by atoms with Crippen molar-refractivity contribution in [2.24, 2.45) is 0 Å². The summed E-state index contributed by atoms with van der Waals surface area (Å²) in [4.78, 5) is 12.2. The minimum atomic E-state index is -4.58. The van der Waals surface area contributed by atoms with Crippen LogP contribution >= 0.6 is 0 Å². The maximum absolute atomic E-state index is 13.0. The van der Waals surface area contributed by atoms with Crippen LogP contribution in [0.2, 0.25) is 0 Å². The van der Waals surface area contributed by atoms with Crippen LogP contribution in [0.1, 0.15) is 15.9 Å². The monoisotopic (exact) mass is 341 g/mol. The fourth-order valence-corrected chi connectivity index (χ4v) is 2.50. The molecule has 0 saturated carbocycles. The Hall–Kier alpha value is -3.08. The molecule has 25 heavy (non-hydrogen) atoms. The Balaban J connectivity index is 1.81. The van der Waals surface area contributed by atoms with Crippen molar-refractivity contribution in [2.45, 2.75) is 6.18 Å². The molecule has 0 atom stereocenters. The second-order valence-corrected chi connectivity index (χ2v) is 5.44. The van der Waals surface area contributed by atoms with Gasteiger partial charge in [0.25, 0.3) is 5.91 Å². The third kappa shape index (κ3) is 3.88. The van der Waals surface area contributed by atoms with Gasteiger partial charge in [0.2, 0.25) is 0 Å². The van der Waals surface area contributed by atoms with Gasteiger partial charge in [0.05, 0.1) is 11.1 Å². The first-order chi connectivity index (χ1) is 11.9. The Kier molecular flexibility index (Phi) is 4.57. The van der Waals surface area contributed by atoms with Crippen LogP contribution in [0.25, 0.3) is 11.1 Å². The topological polar surface area (TPSA) is 29.1 Å². The summed E-state index contributed by atoms with van der Waals surface area (Å²) in [5.41, 5.74) is 1.05. The van der Waals surface area contributed by atoms with Crippen LogP contribution in [-0.4, -0.2) is 5.91 Å². The van der Waals surface area contributed by atoms with Crippen LogP contribution in [0.3, 0.4) is 0 Å². The quantitative estimate of drug-likeness (QED) is 0.658. The number of benzene rings is 3. The second-order valence-electron chi connectivity index (χ2n) is 5.44. The summed E-state index contributed by atoms with van der Waals surface area (Å²) in [6.45, 7) is 0. The van der Waals surface area contributed by atoms with Gasteiger partial charge >= 0.3 is 6.18 Å². The molecule has 0 heterocycles. The van der Waals surface area contributed by atoms with Gasteiger partial charge in [0.1, 0.15) is 0 Å². The molecule has 0 aliphatic rings. The highest BCUT2D eigenvalue weighted by Gasteiger charge is 2.34.